The molecule has 0 fully saturated rings. The Hall–Kier alpha value is -2.03. The summed E-state index contributed by atoms with van der Waals surface area (Å²) in [7, 11) is -3.69. The number of hydrogen-bond acceptors (Lipinski definition) is 5. The summed E-state index contributed by atoms with van der Waals surface area (Å²) >= 11 is 3.40. The second kappa shape index (κ2) is 5.64. The molecule has 1 heterocycles. The van der Waals surface area contributed by atoms with Gasteiger partial charge in [-0.1, -0.05) is 15.9 Å². The molecule has 0 saturated carbocycles. The fraction of sp³-hybridized carbons (Fsp3) is 0. The maximum absolute atomic E-state index is 11.2. The van der Waals surface area contributed by atoms with Crippen molar-refractivity contribution in [2.45, 2.75) is 4.90 Å². The topological polar surface area (TPSA) is 98.0 Å². The van der Waals surface area contributed by atoms with Gasteiger partial charge in [-0.3, -0.25) is 0 Å². The van der Waals surface area contributed by atoms with Crippen LogP contribution < -0.4 is 10.5 Å². The summed E-state index contributed by atoms with van der Waals surface area (Å²) in [5.74, 6) is 0.429. The Morgan fingerprint density at radius 3 is 2.50 bits per heavy atom. The first-order valence-corrected chi connectivity index (χ1v) is 8.58. The van der Waals surface area contributed by atoms with Crippen LogP contribution in [0, 0.1) is 0 Å². The molecule has 0 bridgehead atoms. The molecule has 0 saturated heterocycles. The Bertz CT molecular complexity index is 943. The third-order valence-electron chi connectivity index (χ3n) is 2.98. The molecule has 0 radical (unpaired) electrons. The van der Waals surface area contributed by atoms with Gasteiger partial charge >= 0.3 is 0 Å². The van der Waals surface area contributed by atoms with Crippen molar-refractivity contribution in [1.82, 2.24) is 9.97 Å². The van der Waals surface area contributed by atoms with Gasteiger partial charge in [-0.05, 0) is 42.5 Å². The maximum atomic E-state index is 11.2. The number of nitrogens with zero attached hydrogens (tertiary/aromatic N) is 2. The standard InChI is InChI=1S/C14H11BrN4O2S/c15-10-1-6-13-9(7-10)8-17-14(19-13)18-11-2-4-12(5-3-11)22(16,20)21/h1-8H,(H2,16,20,21)(H,17,18,19). The van der Waals surface area contributed by atoms with Crippen LogP contribution in [0.2, 0.25) is 0 Å². The second-order valence-corrected chi connectivity index (χ2v) is 7.07. The summed E-state index contributed by atoms with van der Waals surface area (Å²) in [5, 5.41) is 9.00. The van der Waals surface area contributed by atoms with Gasteiger partial charge in [-0.15, -0.1) is 0 Å². The van der Waals surface area contributed by atoms with Crippen molar-refractivity contribution < 1.29 is 8.42 Å². The number of benzene rings is 2. The van der Waals surface area contributed by atoms with E-state index < -0.39 is 10.0 Å². The molecular weight excluding hydrogens is 368 g/mol. The van der Waals surface area contributed by atoms with Crippen molar-refractivity contribution in [3.05, 3.63) is 53.1 Å². The zero-order valence-electron chi connectivity index (χ0n) is 11.2. The molecule has 0 aliphatic carbocycles. The number of sulfonamides is 1. The lowest BCUT2D eigenvalue weighted by atomic mass is 10.2. The molecule has 0 aliphatic rings. The van der Waals surface area contributed by atoms with Gasteiger partial charge in [0.2, 0.25) is 16.0 Å². The first-order valence-electron chi connectivity index (χ1n) is 6.24. The third-order valence-corrected chi connectivity index (χ3v) is 4.40. The summed E-state index contributed by atoms with van der Waals surface area (Å²) < 4.78 is 23.4. The van der Waals surface area contributed by atoms with Gasteiger partial charge in [0.1, 0.15) is 0 Å². The molecule has 0 atom stereocenters. The minimum atomic E-state index is -3.69. The van der Waals surface area contributed by atoms with Gasteiger partial charge in [0.15, 0.2) is 0 Å². The first kappa shape index (κ1) is 14.9. The molecule has 3 N–H and O–H groups in total. The molecule has 0 spiro atoms. The lowest BCUT2D eigenvalue weighted by molar-refractivity contribution is 0.598. The Labute approximate surface area is 135 Å². The highest BCUT2D eigenvalue weighted by Gasteiger charge is 2.07. The molecule has 0 unspecified atom stereocenters. The quantitative estimate of drug-likeness (QED) is 0.729. The summed E-state index contributed by atoms with van der Waals surface area (Å²) in [4.78, 5) is 8.68. The lowest BCUT2D eigenvalue weighted by Gasteiger charge is -2.06. The Morgan fingerprint density at radius 1 is 1.09 bits per heavy atom. The van der Waals surface area contributed by atoms with E-state index in [4.69, 9.17) is 5.14 Å². The van der Waals surface area contributed by atoms with Gasteiger partial charge in [0.05, 0.1) is 10.4 Å². The van der Waals surface area contributed by atoms with Crippen molar-refractivity contribution >= 4 is 48.5 Å². The number of nitrogens with one attached hydrogen (secondary N) is 1. The highest BCUT2D eigenvalue weighted by molar-refractivity contribution is 9.10. The van der Waals surface area contributed by atoms with Gasteiger partial charge in [-0.25, -0.2) is 23.5 Å². The van der Waals surface area contributed by atoms with E-state index in [0.29, 0.717) is 11.6 Å². The predicted octanol–water partition coefficient (Wildman–Crippen LogP) is 2.78. The van der Waals surface area contributed by atoms with Crippen molar-refractivity contribution in [1.29, 1.82) is 0 Å². The Kier molecular flexibility index (Phi) is 3.81. The van der Waals surface area contributed by atoms with Crippen LogP contribution in [0.25, 0.3) is 10.9 Å². The average Bonchev–Trinajstić information content (AvgIpc) is 2.47. The van der Waals surface area contributed by atoms with E-state index in [0.717, 1.165) is 15.4 Å². The van der Waals surface area contributed by atoms with E-state index in [1.807, 2.05) is 18.2 Å². The third kappa shape index (κ3) is 3.24. The summed E-state index contributed by atoms with van der Waals surface area (Å²) in [6, 6.07) is 11.8. The summed E-state index contributed by atoms with van der Waals surface area (Å²) in [6.45, 7) is 0. The Morgan fingerprint density at radius 2 is 1.82 bits per heavy atom. The SMILES string of the molecule is NS(=O)(=O)c1ccc(Nc2ncc3cc(Br)ccc3n2)cc1. The molecule has 22 heavy (non-hydrogen) atoms. The zero-order chi connectivity index (χ0) is 15.7. The van der Waals surface area contributed by atoms with Crippen molar-refractivity contribution in [3.8, 4) is 0 Å². The van der Waals surface area contributed by atoms with Gasteiger partial charge in [0, 0.05) is 21.7 Å². The van der Waals surface area contributed by atoms with Crippen LogP contribution in [0.4, 0.5) is 11.6 Å². The maximum Gasteiger partial charge on any atom is 0.238 e. The van der Waals surface area contributed by atoms with Gasteiger partial charge in [0.25, 0.3) is 0 Å². The lowest BCUT2D eigenvalue weighted by Crippen LogP contribution is -2.11. The largest absolute Gasteiger partial charge is 0.324 e. The monoisotopic (exact) mass is 378 g/mol. The number of anilines is 2. The molecule has 0 aliphatic heterocycles. The van der Waals surface area contributed by atoms with E-state index in [2.05, 4.69) is 31.2 Å². The number of halogens is 1. The molecule has 3 aromatic rings. The van der Waals surface area contributed by atoms with Crippen LogP contribution in [0.1, 0.15) is 0 Å². The number of primary sulfonamides is 1. The minimum absolute atomic E-state index is 0.0577. The molecule has 0 amide bonds. The van der Waals surface area contributed by atoms with E-state index in [9.17, 15) is 8.42 Å². The molecular formula is C14H11BrN4O2S. The zero-order valence-corrected chi connectivity index (χ0v) is 13.6. The smallest absolute Gasteiger partial charge is 0.238 e. The van der Waals surface area contributed by atoms with Gasteiger partial charge < -0.3 is 5.32 Å². The van der Waals surface area contributed by atoms with E-state index >= 15 is 0 Å². The van der Waals surface area contributed by atoms with Crippen molar-refractivity contribution in [2.75, 3.05) is 5.32 Å². The number of rotatable bonds is 3. The van der Waals surface area contributed by atoms with E-state index in [1.165, 1.54) is 12.1 Å². The predicted molar refractivity (Wildman–Crippen MR) is 88.3 cm³/mol. The van der Waals surface area contributed by atoms with Crippen LogP contribution in [0.15, 0.2) is 58.0 Å². The van der Waals surface area contributed by atoms with Crippen LogP contribution in [0.3, 0.4) is 0 Å². The molecule has 6 nitrogen and oxygen atoms in total. The molecule has 2 aromatic carbocycles. The fourth-order valence-corrected chi connectivity index (χ4v) is 2.82. The summed E-state index contributed by atoms with van der Waals surface area (Å²) in [5.41, 5.74) is 1.48. The summed E-state index contributed by atoms with van der Waals surface area (Å²) in [6.07, 6.45) is 1.72. The number of aromatic nitrogens is 2. The Balaban J connectivity index is 1.88. The van der Waals surface area contributed by atoms with Crippen molar-refractivity contribution in [3.63, 3.8) is 0 Å². The van der Waals surface area contributed by atoms with Crippen LogP contribution >= 0.6 is 15.9 Å². The van der Waals surface area contributed by atoms with E-state index in [1.54, 1.807) is 18.3 Å². The molecule has 112 valence electrons. The first-order chi connectivity index (χ1) is 10.4. The average molecular weight is 379 g/mol. The minimum Gasteiger partial charge on any atom is -0.324 e. The second-order valence-electron chi connectivity index (χ2n) is 4.59. The van der Waals surface area contributed by atoms with Gasteiger partial charge in [-0.2, -0.15) is 0 Å². The number of fused-ring (bicyclic) bond motifs is 1. The highest BCUT2D eigenvalue weighted by atomic mass is 79.9. The highest BCUT2D eigenvalue weighted by Crippen LogP contribution is 2.20. The molecule has 8 heteroatoms. The molecule has 1 aromatic heterocycles. The molecule has 3 rings (SSSR count). The van der Waals surface area contributed by atoms with Crippen LogP contribution in [-0.4, -0.2) is 18.4 Å². The van der Waals surface area contributed by atoms with Crippen LogP contribution in [-0.2, 0) is 10.0 Å². The normalized spacial score (nSPS) is 11.5. The van der Waals surface area contributed by atoms with Crippen LogP contribution in [0.5, 0.6) is 0 Å². The van der Waals surface area contributed by atoms with E-state index in [-0.39, 0.29) is 4.90 Å². The fourth-order valence-electron chi connectivity index (χ4n) is 1.92. The number of hydrogen-bond donors (Lipinski definition) is 2. The number of nitrogens with two attached hydrogens (primary N) is 1. The van der Waals surface area contributed by atoms with Crippen molar-refractivity contribution in [2.24, 2.45) is 5.14 Å².